The normalized spacial score (nSPS) is 19.8. The third kappa shape index (κ3) is 5.21. The zero-order chi connectivity index (χ0) is 20.9. The van der Waals surface area contributed by atoms with Crippen molar-refractivity contribution in [2.24, 2.45) is 0 Å². The standard InChI is InChI=1S/C25H33N3O2/c1-19-5-10-23(16-20(19)2)28-13-11-27(12-14-28)18-21-6-8-22(9-7-21)25(29)26-17-24-4-3-15-30-24/h5-10,16,24H,3-4,11-15,17-18H2,1-2H3,(H,26,29)/t24-/m1/s1. The highest BCUT2D eigenvalue weighted by Crippen LogP contribution is 2.21. The molecule has 0 aliphatic carbocycles. The molecular weight excluding hydrogens is 374 g/mol. The van der Waals surface area contributed by atoms with Gasteiger partial charge in [-0.25, -0.2) is 0 Å². The molecule has 0 radical (unpaired) electrons. The van der Waals surface area contributed by atoms with Crippen molar-refractivity contribution in [1.29, 1.82) is 0 Å². The smallest absolute Gasteiger partial charge is 0.251 e. The number of hydrogen-bond acceptors (Lipinski definition) is 4. The van der Waals surface area contributed by atoms with Gasteiger partial charge in [0.15, 0.2) is 0 Å². The lowest BCUT2D eigenvalue weighted by Gasteiger charge is -2.36. The lowest BCUT2D eigenvalue weighted by Crippen LogP contribution is -2.46. The Morgan fingerprint density at radius 2 is 1.80 bits per heavy atom. The Balaban J connectivity index is 1.25. The van der Waals surface area contributed by atoms with Crippen LogP contribution in [0.15, 0.2) is 42.5 Å². The van der Waals surface area contributed by atoms with Crippen LogP contribution < -0.4 is 10.2 Å². The minimum atomic E-state index is -0.0148. The summed E-state index contributed by atoms with van der Waals surface area (Å²) in [5, 5.41) is 2.99. The Bertz CT molecular complexity index is 851. The minimum absolute atomic E-state index is 0.0148. The number of aryl methyl sites for hydroxylation is 2. The topological polar surface area (TPSA) is 44.8 Å². The van der Waals surface area contributed by atoms with Gasteiger partial charge in [0.05, 0.1) is 6.10 Å². The second-order valence-electron chi connectivity index (χ2n) is 8.57. The molecule has 30 heavy (non-hydrogen) atoms. The van der Waals surface area contributed by atoms with Crippen LogP contribution in [0.4, 0.5) is 5.69 Å². The van der Waals surface area contributed by atoms with E-state index in [-0.39, 0.29) is 12.0 Å². The molecule has 0 spiro atoms. The van der Waals surface area contributed by atoms with Crippen molar-refractivity contribution in [3.8, 4) is 0 Å². The second-order valence-corrected chi connectivity index (χ2v) is 8.57. The molecule has 160 valence electrons. The molecule has 2 heterocycles. The monoisotopic (exact) mass is 407 g/mol. The maximum atomic E-state index is 12.3. The molecule has 2 aromatic rings. The van der Waals surface area contributed by atoms with E-state index in [9.17, 15) is 4.79 Å². The van der Waals surface area contributed by atoms with Crippen LogP contribution in [0.1, 0.15) is 39.9 Å². The maximum Gasteiger partial charge on any atom is 0.251 e. The fourth-order valence-corrected chi connectivity index (χ4v) is 4.22. The molecule has 2 saturated heterocycles. The van der Waals surface area contributed by atoms with Gasteiger partial charge in [-0.2, -0.15) is 0 Å². The number of piperazine rings is 1. The van der Waals surface area contributed by atoms with Crippen LogP contribution in [0.5, 0.6) is 0 Å². The van der Waals surface area contributed by atoms with Crippen LogP contribution >= 0.6 is 0 Å². The number of hydrogen-bond donors (Lipinski definition) is 1. The Morgan fingerprint density at radius 3 is 2.47 bits per heavy atom. The number of carbonyl (C=O) groups excluding carboxylic acids is 1. The van der Waals surface area contributed by atoms with Crippen molar-refractivity contribution in [3.63, 3.8) is 0 Å². The molecule has 1 atom stereocenters. The fourth-order valence-electron chi connectivity index (χ4n) is 4.22. The van der Waals surface area contributed by atoms with E-state index in [2.05, 4.69) is 59.3 Å². The first-order valence-electron chi connectivity index (χ1n) is 11.1. The van der Waals surface area contributed by atoms with E-state index in [0.717, 1.165) is 57.7 Å². The Kier molecular flexibility index (Phi) is 6.70. The van der Waals surface area contributed by atoms with Crippen molar-refractivity contribution in [1.82, 2.24) is 10.2 Å². The Hall–Kier alpha value is -2.37. The lowest BCUT2D eigenvalue weighted by molar-refractivity contribution is 0.0858. The number of anilines is 1. The number of benzene rings is 2. The molecule has 2 aromatic carbocycles. The van der Waals surface area contributed by atoms with E-state index < -0.39 is 0 Å². The van der Waals surface area contributed by atoms with Gasteiger partial charge in [0, 0.05) is 57.1 Å². The molecular formula is C25H33N3O2. The van der Waals surface area contributed by atoms with Crippen molar-refractivity contribution in [3.05, 3.63) is 64.7 Å². The highest BCUT2D eigenvalue weighted by Gasteiger charge is 2.19. The third-order valence-electron chi connectivity index (χ3n) is 6.36. The van der Waals surface area contributed by atoms with Crippen LogP contribution in [0.3, 0.4) is 0 Å². The van der Waals surface area contributed by atoms with Gasteiger partial charge in [-0.15, -0.1) is 0 Å². The summed E-state index contributed by atoms with van der Waals surface area (Å²) in [4.78, 5) is 17.3. The van der Waals surface area contributed by atoms with Gasteiger partial charge in [0.2, 0.25) is 0 Å². The molecule has 0 unspecified atom stereocenters. The highest BCUT2D eigenvalue weighted by atomic mass is 16.5. The predicted octanol–water partition coefficient (Wildman–Crippen LogP) is 3.53. The molecule has 2 aliphatic rings. The first-order chi connectivity index (χ1) is 14.6. The zero-order valence-electron chi connectivity index (χ0n) is 18.2. The summed E-state index contributed by atoms with van der Waals surface area (Å²) in [7, 11) is 0. The molecule has 1 amide bonds. The molecule has 2 fully saturated rings. The number of amides is 1. The summed E-state index contributed by atoms with van der Waals surface area (Å²) in [6, 6.07) is 14.8. The Labute approximate surface area is 180 Å². The number of nitrogens with zero attached hydrogens (tertiary/aromatic N) is 2. The van der Waals surface area contributed by atoms with Crippen LogP contribution in [-0.2, 0) is 11.3 Å². The van der Waals surface area contributed by atoms with Gasteiger partial charge in [-0.05, 0) is 67.6 Å². The van der Waals surface area contributed by atoms with Crippen molar-refractivity contribution in [2.45, 2.75) is 39.3 Å². The molecule has 0 aromatic heterocycles. The van der Waals surface area contributed by atoms with Gasteiger partial charge in [-0.3, -0.25) is 9.69 Å². The Morgan fingerprint density at radius 1 is 1.03 bits per heavy atom. The summed E-state index contributed by atoms with van der Waals surface area (Å²) >= 11 is 0. The van der Waals surface area contributed by atoms with Crippen molar-refractivity contribution < 1.29 is 9.53 Å². The minimum Gasteiger partial charge on any atom is -0.376 e. The maximum absolute atomic E-state index is 12.3. The molecule has 1 N–H and O–H groups in total. The van der Waals surface area contributed by atoms with E-state index in [4.69, 9.17) is 4.74 Å². The van der Waals surface area contributed by atoms with Crippen LogP contribution in [0.2, 0.25) is 0 Å². The molecule has 4 rings (SSSR count). The van der Waals surface area contributed by atoms with Crippen molar-refractivity contribution in [2.75, 3.05) is 44.2 Å². The first kappa shape index (κ1) is 20.9. The van der Waals surface area contributed by atoms with E-state index in [1.54, 1.807) is 0 Å². The SMILES string of the molecule is Cc1ccc(N2CCN(Cc3ccc(C(=O)NC[C@H]4CCCO4)cc3)CC2)cc1C. The zero-order valence-corrected chi connectivity index (χ0v) is 18.2. The highest BCUT2D eigenvalue weighted by molar-refractivity contribution is 5.94. The van der Waals surface area contributed by atoms with Crippen molar-refractivity contribution >= 4 is 11.6 Å². The van der Waals surface area contributed by atoms with E-state index in [1.807, 2.05) is 12.1 Å². The molecule has 0 saturated carbocycles. The fraction of sp³-hybridized carbons (Fsp3) is 0.480. The lowest BCUT2D eigenvalue weighted by atomic mass is 10.1. The van der Waals surface area contributed by atoms with Gasteiger partial charge < -0.3 is 15.0 Å². The van der Waals surface area contributed by atoms with Crippen LogP contribution in [0, 0.1) is 13.8 Å². The molecule has 5 heteroatoms. The summed E-state index contributed by atoms with van der Waals surface area (Å²) in [6.45, 7) is 10.9. The second kappa shape index (κ2) is 9.63. The van der Waals surface area contributed by atoms with Gasteiger partial charge in [-0.1, -0.05) is 18.2 Å². The summed E-state index contributed by atoms with van der Waals surface area (Å²) in [5.41, 5.74) is 6.01. The van der Waals surface area contributed by atoms with E-state index in [1.165, 1.54) is 22.4 Å². The summed E-state index contributed by atoms with van der Waals surface area (Å²) in [6.07, 6.45) is 2.31. The van der Waals surface area contributed by atoms with Gasteiger partial charge in [0.25, 0.3) is 5.91 Å². The number of rotatable bonds is 6. The van der Waals surface area contributed by atoms with Gasteiger partial charge >= 0.3 is 0 Å². The average molecular weight is 408 g/mol. The summed E-state index contributed by atoms with van der Waals surface area (Å²) in [5.74, 6) is -0.0148. The number of carbonyl (C=O) groups is 1. The van der Waals surface area contributed by atoms with E-state index >= 15 is 0 Å². The predicted molar refractivity (Wildman–Crippen MR) is 121 cm³/mol. The largest absolute Gasteiger partial charge is 0.376 e. The number of ether oxygens (including phenoxy) is 1. The molecule has 0 bridgehead atoms. The average Bonchev–Trinajstić information content (AvgIpc) is 3.29. The van der Waals surface area contributed by atoms with Crippen LogP contribution in [0.25, 0.3) is 0 Å². The third-order valence-corrected chi connectivity index (χ3v) is 6.36. The van der Waals surface area contributed by atoms with Crippen LogP contribution in [-0.4, -0.2) is 56.2 Å². The van der Waals surface area contributed by atoms with Gasteiger partial charge in [0.1, 0.15) is 0 Å². The summed E-state index contributed by atoms with van der Waals surface area (Å²) < 4.78 is 5.57. The first-order valence-corrected chi connectivity index (χ1v) is 11.1. The quantitative estimate of drug-likeness (QED) is 0.796. The van der Waals surface area contributed by atoms with E-state index in [0.29, 0.717) is 6.54 Å². The number of nitrogens with one attached hydrogen (secondary N) is 1. The molecule has 2 aliphatic heterocycles. The molecule has 5 nitrogen and oxygen atoms in total.